The highest BCUT2D eigenvalue weighted by Crippen LogP contribution is 2.41. The maximum absolute atomic E-state index is 15.2. The van der Waals surface area contributed by atoms with E-state index in [2.05, 4.69) is 0 Å². The molecule has 4 aliphatic heterocycles. The summed E-state index contributed by atoms with van der Waals surface area (Å²) in [5.74, 6) is -6.68. The zero-order chi connectivity index (χ0) is 71.7. The Bertz CT molecular complexity index is 4300. The molecule has 0 aromatic heterocycles. The summed E-state index contributed by atoms with van der Waals surface area (Å²) in [5.41, 5.74) is 1.51. The van der Waals surface area contributed by atoms with Gasteiger partial charge in [0.2, 0.25) is 0 Å². The van der Waals surface area contributed by atoms with Crippen molar-refractivity contribution in [3.8, 4) is 0 Å². The number of aliphatic hydroxyl groups is 1. The molecule has 0 saturated carbocycles. The van der Waals surface area contributed by atoms with Crippen molar-refractivity contribution < 1.29 is 110 Å². The van der Waals surface area contributed by atoms with E-state index < -0.39 is 153 Å². The van der Waals surface area contributed by atoms with Crippen molar-refractivity contribution in [1.29, 1.82) is 0 Å². The summed E-state index contributed by atoms with van der Waals surface area (Å²) in [4.78, 5) is 103. The number of hydrogen-bond donors (Lipinski definition) is 1. The number of hydrogen-bond acceptors (Lipinski definition) is 23. The minimum absolute atomic E-state index is 0.00863. The summed E-state index contributed by atoms with van der Waals surface area (Å²) in [5, 5.41) is 12.9. The number of aliphatic hydroxyl groups excluding tert-OH is 1. The Morgan fingerprint density at radius 1 is 0.327 bits per heavy atom. The molecule has 0 spiro atoms. The molecule has 9 aromatic rings. The van der Waals surface area contributed by atoms with Crippen LogP contribution in [0.5, 0.6) is 0 Å². The van der Waals surface area contributed by atoms with E-state index in [4.69, 9.17) is 71.1 Å². The first-order valence-electron chi connectivity index (χ1n) is 33.6. The fraction of sp³-hybridized carbons (Fsp3) is 0.247. The Morgan fingerprint density at radius 3 is 1.04 bits per heavy atom. The lowest BCUT2D eigenvalue weighted by Crippen LogP contribution is -2.69. The fourth-order valence-corrected chi connectivity index (χ4v) is 12.2. The van der Waals surface area contributed by atoms with Crippen LogP contribution >= 0.6 is 0 Å². The molecule has 13 rings (SSSR count). The highest BCUT2D eigenvalue weighted by Gasteiger charge is 2.60. The summed E-state index contributed by atoms with van der Waals surface area (Å²) in [6.07, 6.45) is -28.1. The molecule has 23 heteroatoms. The summed E-state index contributed by atoms with van der Waals surface area (Å²) in [6.45, 7) is -2.01. The van der Waals surface area contributed by atoms with Crippen molar-refractivity contribution in [3.05, 3.63) is 323 Å². The smallest absolute Gasteiger partial charge is 0.338 e. The number of carbonyl (C=O) groups is 7. The van der Waals surface area contributed by atoms with E-state index >= 15 is 9.59 Å². The minimum atomic E-state index is -2.17. The van der Waals surface area contributed by atoms with Gasteiger partial charge in [-0.2, -0.15) is 0 Å². The first-order chi connectivity index (χ1) is 50.9. The van der Waals surface area contributed by atoms with Crippen LogP contribution in [0.15, 0.2) is 273 Å². The Balaban J connectivity index is 0.954. The van der Waals surface area contributed by atoms with Crippen molar-refractivity contribution in [2.75, 3.05) is 19.8 Å². The molecular weight excluding hydrogens is 1340 g/mol. The quantitative estimate of drug-likeness (QED) is 0.0435. The largest absolute Gasteiger partial charge is 0.459 e. The van der Waals surface area contributed by atoms with Gasteiger partial charge in [-0.3, -0.25) is 0 Å². The molecular formula is C81H70O23. The molecule has 0 aliphatic carbocycles. The second-order valence-corrected chi connectivity index (χ2v) is 24.4. The molecule has 0 radical (unpaired) electrons. The van der Waals surface area contributed by atoms with Gasteiger partial charge in [0.15, 0.2) is 55.7 Å². The predicted octanol–water partition coefficient (Wildman–Crippen LogP) is 10.5. The molecule has 9 aromatic carbocycles. The summed E-state index contributed by atoms with van der Waals surface area (Å²) in [6, 6.07) is 72.6. The summed E-state index contributed by atoms with van der Waals surface area (Å²) < 4.78 is 98.5. The van der Waals surface area contributed by atoms with E-state index in [9.17, 15) is 29.1 Å². The Morgan fingerprint density at radius 2 is 0.644 bits per heavy atom. The molecule has 4 saturated heterocycles. The van der Waals surface area contributed by atoms with Crippen LogP contribution in [0.4, 0.5) is 0 Å². The molecule has 4 heterocycles. The van der Waals surface area contributed by atoms with E-state index in [0.717, 1.165) is 0 Å². The number of carbonyl (C=O) groups excluding carboxylic acids is 7. The monoisotopic (exact) mass is 1410 g/mol. The molecule has 16 atom stereocenters. The maximum Gasteiger partial charge on any atom is 0.338 e. The van der Waals surface area contributed by atoms with E-state index in [-0.39, 0.29) is 52.2 Å². The molecule has 0 bridgehead atoms. The summed E-state index contributed by atoms with van der Waals surface area (Å²) >= 11 is 0. The molecule has 1 N–H and O–H groups in total. The van der Waals surface area contributed by atoms with Crippen molar-refractivity contribution in [3.63, 3.8) is 0 Å². The molecule has 104 heavy (non-hydrogen) atoms. The van der Waals surface area contributed by atoms with E-state index in [1.54, 1.807) is 188 Å². The van der Waals surface area contributed by atoms with Gasteiger partial charge in [0.25, 0.3) is 0 Å². The van der Waals surface area contributed by atoms with Gasteiger partial charge in [0, 0.05) is 5.56 Å². The lowest BCUT2D eigenvalue weighted by atomic mass is 9.94. The van der Waals surface area contributed by atoms with Crippen molar-refractivity contribution in [1.82, 2.24) is 0 Å². The third-order valence-corrected chi connectivity index (χ3v) is 17.4. The van der Waals surface area contributed by atoms with E-state index in [1.807, 2.05) is 0 Å². The average molecular weight is 1410 g/mol. The topological polar surface area (TPSA) is 278 Å². The molecule has 0 unspecified atom stereocenters. The van der Waals surface area contributed by atoms with Gasteiger partial charge in [-0.25, -0.2) is 33.6 Å². The first kappa shape index (κ1) is 71.3. The van der Waals surface area contributed by atoms with Crippen molar-refractivity contribution in [2.45, 2.75) is 105 Å². The van der Waals surface area contributed by atoms with E-state index in [1.165, 1.54) is 84.9 Å². The Hall–Kier alpha value is -11.1. The maximum atomic E-state index is 15.2. The minimum Gasteiger partial charge on any atom is -0.459 e. The fourth-order valence-electron chi connectivity index (χ4n) is 12.2. The number of fused-ring (bicyclic) bond motifs is 1. The third kappa shape index (κ3) is 17.5. The van der Waals surface area contributed by atoms with Crippen LogP contribution in [0.25, 0.3) is 0 Å². The van der Waals surface area contributed by atoms with Crippen molar-refractivity contribution in [2.24, 2.45) is 0 Å². The number of benzene rings is 9. The van der Waals surface area contributed by atoms with Crippen LogP contribution in [-0.4, -0.2) is 159 Å². The van der Waals surface area contributed by atoms with Gasteiger partial charge in [-0.15, -0.1) is 0 Å². The lowest BCUT2D eigenvalue weighted by Gasteiger charge is -2.51. The van der Waals surface area contributed by atoms with E-state index in [0.29, 0.717) is 11.1 Å². The van der Waals surface area contributed by atoms with Gasteiger partial charge in [-0.1, -0.05) is 188 Å². The average Bonchev–Trinajstić information content (AvgIpc) is 0.762. The molecule has 532 valence electrons. The number of esters is 7. The normalized spacial score (nSPS) is 25.6. The zero-order valence-corrected chi connectivity index (χ0v) is 55.5. The number of rotatable bonds is 24. The number of ether oxygens (including phenoxy) is 15. The molecule has 4 fully saturated rings. The van der Waals surface area contributed by atoms with Gasteiger partial charge in [0.1, 0.15) is 55.9 Å². The third-order valence-electron chi connectivity index (χ3n) is 17.4. The van der Waals surface area contributed by atoms with Gasteiger partial charge >= 0.3 is 41.8 Å². The van der Waals surface area contributed by atoms with Crippen LogP contribution in [0.1, 0.15) is 89.9 Å². The van der Waals surface area contributed by atoms with Gasteiger partial charge < -0.3 is 76.2 Å². The highest BCUT2D eigenvalue weighted by molar-refractivity contribution is 5.93. The van der Waals surface area contributed by atoms with Crippen LogP contribution < -0.4 is 0 Å². The zero-order valence-electron chi connectivity index (χ0n) is 55.5. The van der Waals surface area contributed by atoms with Crippen LogP contribution in [-0.2, 0) is 77.7 Å². The first-order valence-corrected chi connectivity index (χ1v) is 33.6. The molecule has 23 nitrogen and oxygen atoms in total. The van der Waals surface area contributed by atoms with Crippen molar-refractivity contribution >= 4 is 41.8 Å². The van der Waals surface area contributed by atoms with Crippen LogP contribution in [0, 0.1) is 0 Å². The van der Waals surface area contributed by atoms with Crippen LogP contribution in [0.3, 0.4) is 0 Å². The Labute approximate surface area is 596 Å². The lowest BCUT2D eigenvalue weighted by molar-refractivity contribution is -0.391. The Kier molecular flexibility index (Phi) is 23.5. The highest BCUT2D eigenvalue weighted by atomic mass is 16.8. The SMILES string of the molecule is O=C(OC[C@H]1O[C@@H](O[C@H]2[C@H](OC(=O)c3ccccc3)[C@H](OC(=O)c3ccccc3)[C@H](OCc3ccccc3)O[C@@H]2COC(=O)c2ccccc2)[C@@H](OC(=O)c2ccccc2)[C@@H](OC(=O)c2ccccc2)[C@@H]1O[C@@H]1O[C@@H]2CO[C@@H](c3ccccc3)O[C@H]2[C@H](OC(=O)c2ccccc2)[C@H]1O)c1ccccc1. The molecule has 4 aliphatic rings. The standard InChI is InChI=1S/C81H70O23/c82-62-66(97-73(85)53-34-16-4-17-35-53)63-61(49-93-78(102-63)58-44-26-9-27-45-58)94-79(62)103-64-60(48-91-72(84)52-32-14-3-15-33-52)96-81(70(101-77(89)57-42-24-8-25-43-57)68(64)99-75(87)55-38-20-6-21-39-55)104-65-59(47-90-71(83)51-30-12-2-13-31-51)95-80(92-46-50-28-10-1-11-29-50)69(100-76(88)56-40-22-7-23-41-56)67(65)98-74(86)54-36-18-5-19-37-54/h1-45,59-70,78-82H,46-49H2/t59-,60-,61-,62-,63-,64-,65-,66-,67+,68+,69+,70+,78-,79+,80-,81+/m1/s1. The summed E-state index contributed by atoms with van der Waals surface area (Å²) in [7, 11) is 0. The van der Waals surface area contributed by atoms with Gasteiger partial charge in [0.05, 0.1) is 52.2 Å². The second-order valence-electron chi connectivity index (χ2n) is 24.4. The van der Waals surface area contributed by atoms with Gasteiger partial charge in [-0.05, 0) is 90.5 Å². The van der Waals surface area contributed by atoms with Crippen LogP contribution in [0.2, 0.25) is 0 Å². The molecule has 0 amide bonds. The second kappa shape index (κ2) is 34.3. The predicted molar refractivity (Wildman–Crippen MR) is 365 cm³/mol.